The van der Waals surface area contributed by atoms with Gasteiger partial charge in [-0.1, -0.05) is 24.6 Å². The van der Waals surface area contributed by atoms with Gasteiger partial charge < -0.3 is 9.80 Å². The van der Waals surface area contributed by atoms with E-state index in [0.717, 1.165) is 6.07 Å². The first-order chi connectivity index (χ1) is 15.2. The number of amides is 2. The minimum absolute atomic E-state index is 0.0424. The van der Waals surface area contributed by atoms with E-state index < -0.39 is 17.5 Å². The van der Waals surface area contributed by atoms with Gasteiger partial charge in [0.1, 0.15) is 17.5 Å². The number of piperidine rings is 1. The molecule has 1 aliphatic rings. The highest BCUT2D eigenvalue weighted by Crippen LogP contribution is 2.29. The fourth-order valence-electron chi connectivity index (χ4n) is 4.27. The molecule has 2 aromatic rings. The second-order valence-electron chi connectivity index (χ2n) is 8.12. The molecular formula is C24H26ClF3N2O2. The maximum atomic E-state index is 14.3. The number of hydrogen-bond acceptors (Lipinski definition) is 2. The number of benzene rings is 2. The standard InChI is InChI=1S/C24H26ClF3N2O2/c1-3-23(31)29(2)22(13-16-4-6-18(26)14-21(16)28)15-8-10-30(11-9-15)24(32)17-5-7-20(27)19(25)12-17/h4-7,12,14-15,22H,3,8-11,13H2,1-2H3/t22-/m1/s1. The fourth-order valence-corrected chi connectivity index (χ4v) is 4.45. The molecule has 2 aromatic carbocycles. The van der Waals surface area contributed by atoms with Crippen molar-refractivity contribution in [2.24, 2.45) is 5.92 Å². The first kappa shape index (κ1) is 24.1. The van der Waals surface area contributed by atoms with Crippen LogP contribution >= 0.6 is 11.6 Å². The zero-order valence-electron chi connectivity index (χ0n) is 18.1. The number of carbonyl (C=O) groups excluding carboxylic acids is 2. The molecule has 1 aliphatic heterocycles. The Kier molecular flexibility index (Phi) is 7.82. The molecular weight excluding hydrogens is 441 g/mol. The highest BCUT2D eigenvalue weighted by Gasteiger charge is 2.33. The van der Waals surface area contributed by atoms with Gasteiger partial charge in [0, 0.05) is 44.2 Å². The van der Waals surface area contributed by atoms with Crippen LogP contribution < -0.4 is 0 Å². The lowest BCUT2D eigenvalue weighted by Gasteiger charge is -2.40. The summed E-state index contributed by atoms with van der Waals surface area (Å²) in [7, 11) is 1.70. The molecule has 3 rings (SSSR count). The summed E-state index contributed by atoms with van der Waals surface area (Å²) in [6.07, 6.45) is 1.83. The van der Waals surface area contributed by atoms with E-state index in [9.17, 15) is 22.8 Å². The molecule has 0 unspecified atom stereocenters. The van der Waals surface area contributed by atoms with Crippen molar-refractivity contribution in [2.45, 2.75) is 38.6 Å². The molecule has 0 radical (unpaired) electrons. The van der Waals surface area contributed by atoms with Crippen molar-refractivity contribution in [3.63, 3.8) is 0 Å². The molecule has 0 aliphatic carbocycles. The summed E-state index contributed by atoms with van der Waals surface area (Å²) >= 11 is 5.80. The van der Waals surface area contributed by atoms with Gasteiger partial charge in [-0.25, -0.2) is 13.2 Å². The van der Waals surface area contributed by atoms with Crippen molar-refractivity contribution in [1.82, 2.24) is 9.80 Å². The smallest absolute Gasteiger partial charge is 0.253 e. The fraction of sp³-hybridized carbons (Fsp3) is 0.417. The molecule has 0 saturated carbocycles. The van der Waals surface area contributed by atoms with Crippen molar-refractivity contribution in [2.75, 3.05) is 20.1 Å². The summed E-state index contributed by atoms with van der Waals surface area (Å²) in [5, 5.41) is -0.105. The first-order valence-electron chi connectivity index (χ1n) is 10.6. The quantitative estimate of drug-likeness (QED) is 0.595. The lowest BCUT2D eigenvalue weighted by Crippen LogP contribution is -2.48. The highest BCUT2D eigenvalue weighted by molar-refractivity contribution is 6.31. The van der Waals surface area contributed by atoms with Crippen molar-refractivity contribution in [3.05, 3.63) is 70.0 Å². The van der Waals surface area contributed by atoms with E-state index in [4.69, 9.17) is 11.6 Å². The third kappa shape index (κ3) is 5.44. The van der Waals surface area contributed by atoms with E-state index in [1.54, 1.807) is 23.8 Å². The number of hydrogen-bond donors (Lipinski definition) is 0. The summed E-state index contributed by atoms with van der Waals surface area (Å²) in [5.74, 6) is -2.11. The Labute approximate surface area is 191 Å². The van der Waals surface area contributed by atoms with Gasteiger partial charge in [-0.2, -0.15) is 0 Å². The van der Waals surface area contributed by atoms with E-state index in [-0.39, 0.29) is 35.2 Å². The number of halogens is 4. The lowest BCUT2D eigenvalue weighted by atomic mass is 9.84. The summed E-state index contributed by atoms with van der Waals surface area (Å²) in [5.41, 5.74) is 0.671. The zero-order chi connectivity index (χ0) is 23.4. The van der Waals surface area contributed by atoms with Gasteiger partial charge in [0.25, 0.3) is 5.91 Å². The average Bonchev–Trinajstić information content (AvgIpc) is 2.79. The Balaban J connectivity index is 1.73. The molecule has 1 atom stereocenters. The number of carbonyl (C=O) groups is 2. The Morgan fingerprint density at radius 1 is 1.09 bits per heavy atom. The van der Waals surface area contributed by atoms with Crippen molar-refractivity contribution in [1.29, 1.82) is 0 Å². The third-order valence-electron chi connectivity index (χ3n) is 6.18. The molecule has 1 heterocycles. The van der Waals surface area contributed by atoms with Gasteiger partial charge in [-0.05, 0) is 55.0 Å². The Bertz CT molecular complexity index is 993. The minimum atomic E-state index is -0.645. The second-order valence-corrected chi connectivity index (χ2v) is 8.53. The third-order valence-corrected chi connectivity index (χ3v) is 6.46. The summed E-state index contributed by atoms with van der Waals surface area (Å²) in [6, 6.07) is 7.09. The number of likely N-dealkylation sites (tertiary alicyclic amines) is 1. The minimum Gasteiger partial charge on any atom is -0.342 e. The van der Waals surface area contributed by atoms with Gasteiger partial charge in [0.15, 0.2) is 0 Å². The Morgan fingerprint density at radius 2 is 1.78 bits per heavy atom. The molecule has 0 N–H and O–H groups in total. The van der Waals surface area contributed by atoms with Crippen molar-refractivity contribution < 1.29 is 22.8 Å². The van der Waals surface area contributed by atoms with Crippen LogP contribution in [0.25, 0.3) is 0 Å². The van der Waals surface area contributed by atoms with Crippen LogP contribution in [0.2, 0.25) is 5.02 Å². The van der Waals surface area contributed by atoms with Crippen LogP contribution in [0.3, 0.4) is 0 Å². The van der Waals surface area contributed by atoms with Gasteiger partial charge in [-0.15, -0.1) is 0 Å². The molecule has 2 amide bonds. The van der Waals surface area contributed by atoms with Crippen LogP contribution in [-0.4, -0.2) is 47.8 Å². The van der Waals surface area contributed by atoms with Gasteiger partial charge >= 0.3 is 0 Å². The number of nitrogens with zero attached hydrogens (tertiary/aromatic N) is 2. The van der Waals surface area contributed by atoms with Crippen LogP contribution in [-0.2, 0) is 11.2 Å². The molecule has 0 spiro atoms. The normalized spacial score (nSPS) is 15.5. The molecule has 8 heteroatoms. The maximum Gasteiger partial charge on any atom is 0.253 e. The lowest BCUT2D eigenvalue weighted by molar-refractivity contribution is -0.133. The van der Waals surface area contributed by atoms with Crippen LogP contribution in [0.5, 0.6) is 0 Å². The second kappa shape index (κ2) is 10.4. The summed E-state index contributed by atoms with van der Waals surface area (Å²) in [6.45, 7) is 2.67. The van der Waals surface area contributed by atoms with E-state index in [1.165, 1.54) is 30.3 Å². The van der Waals surface area contributed by atoms with E-state index >= 15 is 0 Å². The SMILES string of the molecule is CCC(=O)N(C)[C@H](Cc1ccc(F)cc1F)C1CCN(C(=O)c2ccc(F)c(Cl)c2)CC1. The molecule has 1 saturated heterocycles. The van der Waals surface area contributed by atoms with E-state index in [1.807, 2.05) is 0 Å². The van der Waals surface area contributed by atoms with Gasteiger partial charge in [0.05, 0.1) is 5.02 Å². The molecule has 0 aromatic heterocycles. The van der Waals surface area contributed by atoms with Gasteiger partial charge in [-0.3, -0.25) is 9.59 Å². The van der Waals surface area contributed by atoms with Crippen LogP contribution in [0.1, 0.15) is 42.1 Å². The summed E-state index contributed by atoms with van der Waals surface area (Å²) in [4.78, 5) is 28.5. The Hall–Kier alpha value is -2.54. The topological polar surface area (TPSA) is 40.6 Å². The average molecular weight is 467 g/mol. The predicted octanol–water partition coefficient (Wildman–Crippen LogP) is 5.09. The van der Waals surface area contributed by atoms with Crippen LogP contribution in [0.15, 0.2) is 36.4 Å². The molecule has 32 heavy (non-hydrogen) atoms. The predicted molar refractivity (Wildman–Crippen MR) is 117 cm³/mol. The molecule has 1 fully saturated rings. The maximum absolute atomic E-state index is 14.3. The highest BCUT2D eigenvalue weighted by atomic mass is 35.5. The van der Waals surface area contributed by atoms with Crippen molar-refractivity contribution in [3.8, 4) is 0 Å². The largest absolute Gasteiger partial charge is 0.342 e. The zero-order valence-corrected chi connectivity index (χ0v) is 18.8. The monoisotopic (exact) mass is 466 g/mol. The Morgan fingerprint density at radius 3 is 2.38 bits per heavy atom. The molecule has 4 nitrogen and oxygen atoms in total. The summed E-state index contributed by atoms with van der Waals surface area (Å²) < 4.78 is 41.0. The number of rotatable bonds is 6. The van der Waals surface area contributed by atoms with Gasteiger partial charge in [0.2, 0.25) is 5.91 Å². The van der Waals surface area contributed by atoms with E-state index in [0.29, 0.717) is 43.5 Å². The van der Waals surface area contributed by atoms with Crippen LogP contribution in [0.4, 0.5) is 13.2 Å². The van der Waals surface area contributed by atoms with Crippen molar-refractivity contribution >= 4 is 23.4 Å². The molecule has 0 bridgehead atoms. The van der Waals surface area contributed by atoms with E-state index in [2.05, 4.69) is 0 Å². The molecule has 172 valence electrons. The van der Waals surface area contributed by atoms with Crippen LogP contribution in [0, 0.1) is 23.4 Å². The first-order valence-corrected chi connectivity index (χ1v) is 11.0. The number of likely N-dealkylation sites (N-methyl/N-ethyl adjacent to an activating group) is 1.